The number of benzene rings is 2. The third kappa shape index (κ3) is 5.68. The van der Waals surface area contributed by atoms with Crippen molar-refractivity contribution in [2.75, 3.05) is 20.2 Å². The van der Waals surface area contributed by atoms with E-state index in [1.165, 1.54) is 5.56 Å². The van der Waals surface area contributed by atoms with Crippen LogP contribution in [0.3, 0.4) is 0 Å². The predicted molar refractivity (Wildman–Crippen MR) is 107 cm³/mol. The molecule has 0 saturated carbocycles. The van der Waals surface area contributed by atoms with Gasteiger partial charge in [-0.2, -0.15) is 0 Å². The summed E-state index contributed by atoms with van der Waals surface area (Å²) in [7, 11) is 1.80. The lowest BCUT2D eigenvalue weighted by molar-refractivity contribution is -0.132. The number of hydrogen-bond donors (Lipinski definition) is 0. The zero-order chi connectivity index (χ0) is 18.9. The number of rotatable bonds is 8. The van der Waals surface area contributed by atoms with E-state index in [0.717, 1.165) is 29.8 Å². The molecule has 0 unspecified atom stereocenters. The second-order valence-corrected chi connectivity index (χ2v) is 6.45. The normalized spacial score (nSPS) is 10.4. The standard InChI is InChI=1S/C23H24N2O2/c1-25(16-14-21-12-7-8-15-24-21)23(26)18-27-22-13-6-5-11-20(22)17-19-9-3-2-4-10-19/h2-13,15H,14,16-18H2,1H3. The Labute approximate surface area is 160 Å². The van der Waals surface area contributed by atoms with Gasteiger partial charge in [-0.25, -0.2) is 0 Å². The van der Waals surface area contributed by atoms with Gasteiger partial charge >= 0.3 is 0 Å². The second-order valence-electron chi connectivity index (χ2n) is 6.45. The fourth-order valence-corrected chi connectivity index (χ4v) is 2.81. The minimum atomic E-state index is -0.0413. The van der Waals surface area contributed by atoms with E-state index in [1.807, 2.05) is 60.7 Å². The molecule has 0 saturated heterocycles. The molecule has 0 aliphatic carbocycles. The molecule has 0 aliphatic rings. The fraction of sp³-hybridized carbons (Fsp3) is 0.217. The first-order valence-corrected chi connectivity index (χ1v) is 9.11. The molecule has 27 heavy (non-hydrogen) atoms. The minimum absolute atomic E-state index is 0.0323. The second kappa shape index (κ2) is 9.53. The van der Waals surface area contributed by atoms with Crippen LogP contribution in [0.5, 0.6) is 5.75 Å². The zero-order valence-corrected chi connectivity index (χ0v) is 15.5. The topological polar surface area (TPSA) is 42.4 Å². The summed E-state index contributed by atoms with van der Waals surface area (Å²) >= 11 is 0. The molecule has 1 heterocycles. The van der Waals surface area contributed by atoms with Crippen LogP contribution in [0, 0.1) is 0 Å². The molecular weight excluding hydrogens is 336 g/mol. The summed E-state index contributed by atoms with van der Waals surface area (Å²) in [5, 5.41) is 0. The van der Waals surface area contributed by atoms with Gasteiger partial charge < -0.3 is 9.64 Å². The largest absolute Gasteiger partial charge is 0.483 e. The van der Waals surface area contributed by atoms with Gasteiger partial charge in [0.05, 0.1) is 0 Å². The summed E-state index contributed by atoms with van der Waals surface area (Å²) in [6, 6.07) is 23.9. The molecule has 0 bridgehead atoms. The van der Waals surface area contributed by atoms with Crippen LogP contribution in [0.2, 0.25) is 0 Å². The first kappa shape index (κ1) is 18.6. The average molecular weight is 360 g/mol. The van der Waals surface area contributed by atoms with Crippen molar-refractivity contribution < 1.29 is 9.53 Å². The van der Waals surface area contributed by atoms with E-state index in [-0.39, 0.29) is 12.5 Å². The monoisotopic (exact) mass is 360 g/mol. The number of aromatic nitrogens is 1. The van der Waals surface area contributed by atoms with Crippen LogP contribution in [-0.2, 0) is 17.6 Å². The van der Waals surface area contributed by atoms with Gasteiger partial charge in [0.2, 0.25) is 0 Å². The van der Waals surface area contributed by atoms with Crippen molar-refractivity contribution in [3.05, 3.63) is 95.8 Å². The summed E-state index contributed by atoms with van der Waals surface area (Å²) < 4.78 is 5.84. The van der Waals surface area contributed by atoms with Gasteiger partial charge in [0, 0.05) is 38.3 Å². The highest BCUT2D eigenvalue weighted by molar-refractivity contribution is 5.77. The number of likely N-dealkylation sites (N-methyl/N-ethyl adjacent to an activating group) is 1. The Morgan fingerprint density at radius 2 is 1.70 bits per heavy atom. The third-order valence-corrected chi connectivity index (χ3v) is 4.42. The molecule has 138 valence electrons. The number of carbonyl (C=O) groups is 1. The fourth-order valence-electron chi connectivity index (χ4n) is 2.81. The van der Waals surface area contributed by atoms with Crippen LogP contribution in [0.15, 0.2) is 79.0 Å². The van der Waals surface area contributed by atoms with Crippen molar-refractivity contribution in [3.63, 3.8) is 0 Å². The lowest BCUT2D eigenvalue weighted by atomic mass is 10.0. The molecule has 0 atom stereocenters. The van der Waals surface area contributed by atoms with E-state index in [9.17, 15) is 4.79 Å². The molecule has 4 heteroatoms. The Morgan fingerprint density at radius 3 is 2.48 bits per heavy atom. The number of pyridine rings is 1. The summed E-state index contributed by atoms with van der Waals surface area (Å²) in [5.41, 5.74) is 3.27. The van der Waals surface area contributed by atoms with E-state index >= 15 is 0 Å². The van der Waals surface area contributed by atoms with Crippen LogP contribution < -0.4 is 4.74 Å². The number of nitrogens with zero attached hydrogens (tertiary/aromatic N) is 2. The van der Waals surface area contributed by atoms with E-state index in [4.69, 9.17) is 4.74 Å². The number of hydrogen-bond acceptors (Lipinski definition) is 3. The van der Waals surface area contributed by atoms with Crippen LogP contribution in [0.25, 0.3) is 0 Å². The maximum absolute atomic E-state index is 12.4. The highest BCUT2D eigenvalue weighted by Crippen LogP contribution is 2.21. The Bertz CT molecular complexity index is 851. The molecule has 1 aromatic heterocycles. The molecule has 0 aliphatic heterocycles. The molecule has 1 amide bonds. The van der Waals surface area contributed by atoms with Crippen molar-refractivity contribution in [1.82, 2.24) is 9.88 Å². The summed E-state index contributed by atoms with van der Waals surface area (Å²) in [5.74, 6) is 0.716. The molecule has 3 aromatic rings. The molecule has 0 spiro atoms. The van der Waals surface area contributed by atoms with Crippen molar-refractivity contribution in [3.8, 4) is 5.75 Å². The SMILES string of the molecule is CN(CCc1ccccn1)C(=O)COc1ccccc1Cc1ccccc1. The highest BCUT2D eigenvalue weighted by Gasteiger charge is 2.11. The summed E-state index contributed by atoms with van der Waals surface area (Å²) in [4.78, 5) is 18.4. The molecule has 0 radical (unpaired) electrons. The third-order valence-electron chi connectivity index (χ3n) is 4.42. The van der Waals surface area contributed by atoms with Gasteiger partial charge in [-0.1, -0.05) is 54.6 Å². The summed E-state index contributed by atoms with van der Waals surface area (Å²) in [6.45, 7) is 0.648. The Balaban J connectivity index is 1.54. The van der Waals surface area contributed by atoms with E-state index in [2.05, 4.69) is 17.1 Å². The first-order valence-electron chi connectivity index (χ1n) is 9.11. The molecule has 3 rings (SSSR count). The quantitative estimate of drug-likeness (QED) is 0.614. The van der Waals surface area contributed by atoms with Crippen LogP contribution in [-0.4, -0.2) is 36.0 Å². The van der Waals surface area contributed by atoms with Gasteiger partial charge in [-0.15, -0.1) is 0 Å². The maximum Gasteiger partial charge on any atom is 0.260 e. The lowest BCUT2D eigenvalue weighted by Crippen LogP contribution is -2.33. The van der Waals surface area contributed by atoms with Crippen LogP contribution >= 0.6 is 0 Å². The van der Waals surface area contributed by atoms with E-state index < -0.39 is 0 Å². The number of ether oxygens (including phenoxy) is 1. The Kier molecular flexibility index (Phi) is 6.58. The van der Waals surface area contributed by atoms with Gasteiger partial charge in [0.25, 0.3) is 5.91 Å². The van der Waals surface area contributed by atoms with Crippen LogP contribution in [0.4, 0.5) is 0 Å². The number of amides is 1. The molecule has 4 nitrogen and oxygen atoms in total. The van der Waals surface area contributed by atoms with Crippen molar-refractivity contribution in [2.24, 2.45) is 0 Å². The lowest BCUT2D eigenvalue weighted by Gasteiger charge is -2.18. The van der Waals surface area contributed by atoms with E-state index in [0.29, 0.717) is 6.54 Å². The number of para-hydroxylation sites is 1. The molecule has 0 fully saturated rings. The number of carbonyl (C=O) groups excluding carboxylic acids is 1. The smallest absolute Gasteiger partial charge is 0.260 e. The minimum Gasteiger partial charge on any atom is -0.483 e. The van der Waals surface area contributed by atoms with Gasteiger partial charge in [-0.05, 0) is 29.3 Å². The predicted octanol–water partition coefficient (Wildman–Crippen LogP) is 3.75. The van der Waals surface area contributed by atoms with Gasteiger partial charge in [0.1, 0.15) is 5.75 Å². The van der Waals surface area contributed by atoms with Gasteiger partial charge in [0.15, 0.2) is 6.61 Å². The molecular formula is C23H24N2O2. The highest BCUT2D eigenvalue weighted by atomic mass is 16.5. The Hall–Kier alpha value is -3.14. The average Bonchev–Trinajstić information content (AvgIpc) is 2.72. The van der Waals surface area contributed by atoms with Crippen molar-refractivity contribution >= 4 is 5.91 Å². The Morgan fingerprint density at radius 1 is 0.963 bits per heavy atom. The maximum atomic E-state index is 12.4. The van der Waals surface area contributed by atoms with Crippen molar-refractivity contribution in [1.29, 1.82) is 0 Å². The summed E-state index contributed by atoms with van der Waals surface area (Å²) in [6.07, 6.45) is 3.28. The van der Waals surface area contributed by atoms with Crippen LogP contribution in [0.1, 0.15) is 16.8 Å². The molecule has 0 N–H and O–H groups in total. The first-order chi connectivity index (χ1) is 13.2. The molecule has 2 aromatic carbocycles. The van der Waals surface area contributed by atoms with Crippen molar-refractivity contribution in [2.45, 2.75) is 12.8 Å². The van der Waals surface area contributed by atoms with Gasteiger partial charge in [-0.3, -0.25) is 9.78 Å². The van der Waals surface area contributed by atoms with E-state index in [1.54, 1.807) is 18.1 Å². The zero-order valence-electron chi connectivity index (χ0n) is 15.5.